The van der Waals surface area contributed by atoms with Crippen LogP contribution >= 0.6 is 66.8 Å². The number of rotatable bonds is 0. The van der Waals surface area contributed by atoms with E-state index in [0.717, 1.165) is 0 Å². The molecule has 0 bridgehead atoms. The average Bonchev–Trinajstić information content (AvgIpc) is 0.650. The van der Waals surface area contributed by atoms with Gasteiger partial charge in [-0.2, -0.15) is 0 Å². The summed E-state index contributed by atoms with van der Waals surface area (Å²) in [7, 11) is 0. The second-order valence-electron chi connectivity index (χ2n) is 0.639. The Kier molecular flexibility index (Phi) is 2.61. The molecule has 6 heteroatoms. The van der Waals surface area contributed by atoms with E-state index in [2.05, 4.69) is 31.0 Å². The Morgan fingerprint density at radius 3 is 1.00 bits per heavy atom. The van der Waals surface area contributed by atoms with Gasteiger partial charge in [-0.25, -0.2) is 0 Å². The van der Waals surface area contributed by atoms with Crippen LogP contribution in [0, 0.1) is 0 Å². The maximum absolute atomic E-state index is 5.28. The Morgan fingerprint density at radius 1 is 1.00 bits per heavy atom. The predicted molar refractivity (Wildman–Crippen MR) is 42.3 cm³/mol. The van der Waals surface area contributed by atoms with Gasteiger partial charge < -0.3 is 0 Å². The summed E-state index contributed by atoms with van der Waals surface area (Å²) in [6.45, 7) is 0. The van der Waals surface area contributed by atoms with Crippen LogP contribution in [0.3, 0.4) is 0 Å². The van der Waals surface area contributed by atoms with Crippen molar-refractivity contribution in [1.82, 2.24) is 0 Å². The van der Waals surface area contributed by atoms with E-state index in [9.17, 15) is 0 Å². The van der Waals surface area contributed by atoms with Crippen LogP contribution in [0.5, 0.6) is 0 Å². The monoisotopic (exact) mass is 294 g/mol. The third-order valence-electron chi connectivity index (χ3n) is 0. The molecule has 0 aromatic heterocycles. The molecule has 0 N–H and O–H groups in total. The zero-order valence-electron chi connectivity index (χ0n) is 2.34. The molecule has 0 aliphatic carbocycles. The Morgan fingerprint density at radius 2 is 1.00 bits per heavy atom. The molecular weight excluding hydrogens is 297 g/mol. The Hall–Kier alpha value is 2.26. The van der Waals surface area contributed by atoms with Gasteiger partial charge >= 0.3 is 66.8 Å². The maximum atomic E-state index is 5.28. The van der Waals surface area contributed by atoms with Crippen molar-refractivity contribution < 1.29 is 0 Å². The normalized spacial score (nSPS) is 19.2. The first kappa shape index (κ1) is 8.26. The third kappa shape index (κ3) is 33.9. The summed E-state index contributed by atoms with van der Waals surface area (Å²) in [5.74, 6) is 0. The van der Waals surface area contributed by atoms with Crippen molar-refractivity contribution in [3.05, 3.63) is 0 Å². The van der Waals surface area contributed by atoms with E-state index < -0.39 is 2.07 Å². The molecular formula is Br2Cl3P. The fraction of sp³-hybridized carbons (Fsp3) is 0. The Balaban J connectivity index is 3.73. The summed E-state index contributed by atoms with van der Waals surface area (Å²) in [6, 6.07) is 0. The van der Waals surface area contributed by atoms with Gasteiger partial charge in [0.25, 0.3) is 0 Å². The van der Waals surface area contributed by atoms with E-state index in [1.54, 1.807) is 0 Å². The van der Waals surface area contributed by atoms with Gasteiger partial charge in [-0.3, -0.25) is 0 Å². The summed E-state index contributed by atoms with van der Waals surface area (Å²) in [4.78, 5) is 0. The standard InChI is InChI=1S/Br2Cl3P/c1-6(2,3,4)5. The van der Waals surface area contributed by atoms with E-state index in [4.69, 9.17) is 33.7 Å². The Labute approximate surface area is 66.3 Å². The molecule has 0 aliphatic heterocycles. The molecule has 6 heavy (non-hydrogen) atoms. The summed E-state index contributed by atoms with van der Waals surface area (Å²) >= 11 is 21.5. The molecule has 0 unspecified atom stereocenters. The molecule has 0 aromatic rings. The van der Waals surface area contributed by atoms with Crippen LogP contribution in [0.4, 0.5) is 0 Å². The zero-order valence-corrected chi connectivity index (χ0v) is 8.67. The molecule has 0 nitrogen and oxygen atoms in total. The van der Waals surface area contributed by atoms with Gasteiger partial charge in [-0.1, -0.05) is 0 Å². The molecule has 0 saturated carbocycles. The first-order valence-corrected chi connectivity index (χ1v) is 9.83. The van der Waals surface area contributed by atoms with Crippen molar-refractivity contribution in [3.8, 4) is 0 Å². The SMILES string of the molecule is ClP(Cl)(Cl)(Br)Br. The minimum absolute atomic E-state index is 2.82. The summed E-state index contributed by atoms with van der Waals surface area (Å²) < 4.78 is -3.01. The first-order valence-electron chi connectivity index (χ1n) is 0.845. The molecule has 0 saturated heterocycles. The van der Waals surface area contributed by atoms with Gasteiger partial charge in [0.15, 0.2) is 0 Å². The summed E-state index contributed by atoms with van der Waals surface area (Å²) in [6.07, 6.45) is 0. The molecule has 0 heterocycles. The second kappa shape index (κ2) is 1.89. The van der Waals surface area contributed by atoms with Crippen molar-refractivity contribution in [2.75, 3.05) is 0 Å². The van der Waals surface area contributed by atoms with Gasteiger partial charge in [-0.15, -0.1) is 0 Å². The quantitative estimate of drug-likeness (QED) is 0.572. The van der Waals surface area contributed by atoms with E-state index in [1.807, 2.05) is 0 Å². The van der Waals surface area contributed by atoms with Crippen LogP contribution in [0.15, 0.2) is 0 Å². The summed E-state index contributed by atoms with van der Waals surface area (Å²) in [5.41, 5.74) is 0. The van der Waals surface area contributed by atoms with Crippen LogP contribution in [0.2, 0.25) is 0 Å². The molecule has 0 spiro atoms. The fourth-order valence-corrected chi connectivity index (χ4v) is 0. The Bertz CT molecular complexity index is 42.0. The van der Waals surface area contributed by atoms with Crippen LogP contribution < -0.4 is 0 Å². The molecule has 40 valence electrons. The molecule has 0 aromatic carbocycles. The van der Waals surface area contributed by atoms with Crippen LogP contribution in [0.25, 0.3) is 0 Å². The zero-order chi connectivity index (χ0) is 5.45. The van der Waals surface area contributed by atoms with Gasteiger partial charge in [0.05, 0.1) is 0 Å². The molecule has 0 radical (unpaired) electrons. The van der Waals surface area contributed by atoms with Crippen LogP contribution in [0.1, 0.15) is 0 Å². The molecule has 0 amide bonds. The van der Waals surface area contributed by atoms with E-state index in [-0.39, 0.29) is 0 Å². The van der Waals surface area contributed by atoms with Crippen molar-refractivity contribution in [2.24, 2.45) is 0 Å². The molecule has 0 fully saturated rings. The topological polar surface area (TPSA) is 0 Å². The second-order valence-corrected chi connectivity index (χ2v) is 28.3. The molecule has 0 rings (SSSR count). The van der Waals surface area contributed by atoms with Crippen molar-refractivity contribution >= 4 is 66.8 Å². The van der Waals surface area contributed by atoms with E-state index >= 15 is 0 Å². The number of hydrogen-bond donors (Lipinski definition) is 0. The van der Waals surface area contributed by atoms with Crippen molar-refractivity contribution in [2.45, 2.75) is 0 Å². The minimum atomic E-state index is -3.01. The van der Waals surface area contributed by atoms with Gasteiger partial charge in [-0.05, 0) is 0 Å². The predicted octanol–water partition coefficient (Wildman–Crippen LogP) is 4.62. The first-order chi connectivity index (χ1) is 2.24. The van der Waals surface area contributed by atoms with Crippen molar-refractivity contribution in [3.63, 3.8) is 0 Å². The van der Waals surface area contributed by atoms with E-state index in [1.165, 1.54) is 0 Å². The van der Waals surface area contributed by atoms with Crippen molar-refractivity contribution in [1.29, 1.82) is 0 Å². The number of hydrogen-bond acceptors (Lipinski definition) is 0. The molecule has 0 aliphatic rings. The van der Waals surface area contributed by atoms with Gasteiger partial charge in [0.2, 0.25) is 0 Å². The number of halogens is 5. The van der Waals surface area contributed by atoms with Crippen LogP contribution in [-0.4, -0.2) is 0 Å². The third-order valence-corrected chi connectivity index (χ3v) is 0. The van der Waals surface area contributed by atoms with Gasteiger partial charge in [0.1, 0.15) is 0 Å². The van der Waals surface area contributed by atoms with Gasteiger partial charge in [0, 0.05) is 0 Å². The summed E-state index contributed by atoms with van der Waals surface area (Å²) in [5, 5.41) is 0. The van der Waals surface area contributed by atoms with Crippen LogP contribution in [-0.2, 0) is 0 Å². The fourth-order valence-electron chi connectivity index (χ4n) is 0. The van der Waals surface area contributed by atoms with E-state index in [0.29, 0.717) is 0 Å². The average molecular weight is 297 g/mol. The molecule has 0 atom stereocenters.